The van der Waals surface area contributed by atoms with Crippen LogP contribution < -0.4 is 0 Å². The van der Waals surface area contributed by atoms with Crippen LogP contribution in [-0.2, 0) is 0 Å². The molecule has 0 aromatic heterocycles. The Kier molecular flexibility index (Phi) is 5.84. The van der Waals surface area contributed by atoms with Crippen LogP contribution in [0.3, 0.4) is 0 Å². The molecule has 2 rings (SSSR count). The summed E-state index contributed by atoms with van der Waals surface area (Å²) in [7, 11) is 0. The molecule has 0 aliphatic carbocycles. The monoisotopic (exact) mass is 319 g/mol. The minimum absolute atomic E-state index is 0.183. The molecule has 0 unspecified atom stereocenters. The molecule has 0 saturated heterocycles. The Morgan fingerprint density at radius 1 is 0.652 bits per heavy atom. The van der Waals surface area contributed by atoms with Crippen LogP contribution in [-0.4, -0.2) is 14.8 Å². The van der Waals surface area contributed by atoms with E-state index >= 15 is 0 Å². The van der Waals surface area contributed by atoms with Gasteiger partial charge in [-0.05, 0) is 13.8 Å². The third kappa shape index (κ3) is 4.56. The standard InChI is InChI=1S/C7H6N2O4.C7H7NO2/c1-5-3-2-4-6(8(10)11)7(5)9(12)13;1-6-4-2-3-5-7(6)8(9)10/h2-4H,1H3;2-5H,1H3. The van der Waals surface area contributed by atoms with Gasteiger partial charge in [-0.3, -0.25) is 30.3 Å². The minimum Gasteiger partial charge on any atom is -0.258 e. The zero-order valence-electron chi connectivity index (χ0n) is 12.3. The topological polar surface area (TPSA) is 129 Å². The Morgan fingerprint density at radius 2 is 1.13 bits per heavy atom. The van der Waals surface area contributed by atoms with E-state index in [0.717, 1.165) is 6.07 Å². The van der Waals surface area contributed by atoms with Gasteiger partial charge in [0.25, 0.3) is 5.69 Å². The van der Waals surface area contributed by atoms with E-state index in [4.69, 9.17) is 0 Å². The van der Waals surface area contributed by atoms with E-state index in [1.165, 1.54) is 25.1 Å². The van der Waals surface area contributed by atoms with Crippen molar-refractivity contribution in [1.82, 2.24) is 0 Å². The smallest absolute Gasteiger partial charge is 0.258 e. The first-order valence-corrected chi connectivity index (χ1v) is 6.34. The molecule has 0 amide bonds. The summed E-state index contributed by atoms with van der Waals surface area (Å²) in [6.45, 7) is 3.18. The summed E-state index contributed by atoms with van der Waals surface area (Å²) in [5.74, 6) is 0. The van der Waals surface area contributed by atoms with Gasteiger partial charge in [-0.1, -0.05) is 30.3 Å². The highest BCUT2D eigenvalue weighted by molar-refractivity contribution is 5.56. The van der Waals surface area contributed by atoms with E-state index in [1.54, 1.807) is 25.1 Å². The molecule has 0 saturated carbocycles. The molecule has 0 heterocycles. The number of hydrogen-bond donors (Lipinski definition) is 0. The molecule has 120 valence electrons. The Bertz CT molecular complexity index is 760. The van der Waals surface area contributed by atoms with Gasteiger partial charge in [0.2, 0.25) is 0 Å². The van der Waals surface area contributed by atoms with Crippen molar-refractivity contribution in [2.75, 3.05) is 0 Å². The molecular weight excluding hydrogens is 306 g/mol. The predicted octanol–water partition coefficient (Wildman–Crippen LogP) is 3.71. The SMILES string of the molecule is Cc1cccc([N+](=O)[O-])c1[N+](=O)[O-].Cc1ccccc1[N+](=O)[O-]. The molecule has 23 heavy (non-hydrogen) atoms. The summed E-state index contributed by atoms with van der Waals surface area (Å²) in [5.41, 5.74) is 0.270. The van der Waals surface area contributed by atoms with Gasteiger partial charge in [0, 0.05) is 23.3 Å². The van der Waals surface area contributed by atoms with Crippen LogP contribution in [0.2, 0.25) is 0 Å². The van der Waals surface area contributed by atoms with E-state index in [2.05, 4.69) is 0 Å². The maximum atomic E-state index is 10.4. The van der Waals surface area contributed by atoms with Crippen LogP contribution in [0.15, 0.2) is 42.5 Å². The second kappa shape index (κ2) is 7.59. The highest BCUT2D eigenvalue weighted by atomic mass is 16.6. The van der Waals surface area contributed by atoms with Crippen molar-refractivity contribution in [3.05, 3.63) is 83.9 Å². The van der Waals surface area contributed by atoms with Crippen molar-refractivity contribution in [3.8, 4) is 0 Å². The largest absolute Gasteiger partial charge is 0.348 e. The van der Waals surface area contributed by atoms with Crippen molar-refractivity contribution in [1.29, 1.82) is 0 Å². The predicted molar refractivity (Wildman–Crippen MR) is 82.3 cm³/mol. The lowest BCUT2D eigenvalue weighted by atomic mass is 10.2. The highest BCUT2D eigenvalue weighted by Crippen LogP contribution is 2.29. The van der Waals surface area contributed by atoms with Crippen molar-refractivity contribution < 1.29 is 14.8 Å². The average molecular weight is 319 g/mol. The molecule has 9 nitrogen and oxygen atoms in total. The third-order valence-electron chi connectivity index (χ3n) is 2.91. The van der Waals surface area contributed by atoms with E-state index < -0.39 is 21.2 Å². The maximum absolute atomic E-state index is 10.4. The first-order valence-electron chi connectivity index (χ1n) is 6.34. The van der Waals surface area contributed by atoms with E-state index in [1.807, 2.05) is 0 Å². The van der Waals surface area contributed by atoms with Gasteiger partial charge in [0.05, 0.1) is 14.8 Å². The lowest BCUT2D eigenvalue weighted by Crippen LogP contribution is -1.98. The fourth-order valence-corrected chi connectivity index (χ4v) is 1.80. The first kappa shape index (κ1) is 17.7. The Balaban J connectivity index is 0.000000238. The third-order valence-corrected chi connectivity index (χ3v) is 2.91. The Hall–Kier alpha value is -3.36. The Labute approximate surface area is 130 Å². The fraction of sp³-hybridized carbons (Fsp3) is 0.143. The number of nitro groups is 3. The minimum atomic E-state index is -0.759. The van der Waals surface area contributed by atoms with Crippen molar-refractivity contribution in [2.24, 2.45) is 0 Å². The summed E-state index contributed by atoms with van der Waals surface area (Å²) in [4.78, 5) is 29.2. The van der Waals surface area contributed by atoms with Crippen LogP contribution in [0, 0.1) is 44.2 Å². The Morgan fingerprint density at radius 3 is 1.52 bits per heavy atom. The second-order valence-electron chi connectivity index (χ2n) is 4.50. The van der Waals surface area contributed by atoms with Crippen LogP contribution in [0.4, 0.5) is 17.1 Å². The van der Waals surface area contributed by atoms with Gasteiger partial charge in [-0.15, -0.1) is 0 Å². The lowest BCUT2D eigenvalue weighted by molar-refractivity contribution is -0.422. The summed E-state index contributed by atoms with van der Waals surface area (Å²) in [6.07, 6.45) is 0. The molecule has 0 atom stereocenters. The number of benzene rings is 2. The van der Waals surface area contributed by atoms with Crippen molar-refractivity contribution in [2.45, 2.75) is 13.8 Å². The number of para-hydroxylation sites is 2. The average Bonchev–Trinajstić information content (AvgIpc) is 2.47. The fourth-order valence-electron chi connectivity index (χ4n) is 1.80. The molecule has 2 aromatic carbocycles. The molecule has 9 heteroatoms. The summed E-state index contributed by atoms with van der Waals surface area (Å²) >= 11 is 0. The molecule has 0 fully saturated rings. The maximum Gasteiger partial charge on any atom is 0.348 e. The molecule has 0 radical (unpaired) electrons. The summed E-state index contributed by atoms with van der Waals surface area (Å²) in [6, 6.07) is 10.7. The van der Waals surface area contributed by atoms with Gasteiger partial charge in [0.1, 0.15) is 0 Å². The second-order valence-corrected chi connectivity index (χ2v) is 4.50. The van der Waals surface area contributed by atoms with Gasteiger partial charge >= 0.3 is 11.4 Å². The number of rotatable bonds is 3. The van der Waals surface area contributed by atoms with Crippen LogP contribution >= 0.6 is 0 Å². The summed E-state index contributed by atoms with van der Waals surface area (Å²) in [5, 5.41) is 31.1. The quantitative estimate of drug-likeness (QED) is 0.626. The van der Waals surface area contributed by atoms with E-state index in [0.29, 0.717) is 11.1 Å². The summed E-state index contributed by atoms with van der Waals surface area (Å²) < 4.78 is 0. The number of nitrogens with zero attached hydrogens (tertiary/aromatic N) is 3. The van der Waals surface area contributed by atoms with Gasteiger partial charge in [-0.2, -0.15) is 0 Å². The van der Waals surface area contributed by atoms with Crippen molar-refractivity contribution in [3.63, 3.8) is 0 Å². The highest BCUT2D eigenvalue weighted by Gasteiger charge is 2.25. The normalized spacial score (nSPS) is 9.48. The zero-order valence-corrected chi connectivity index (χ0v) is 12.3. The molecule has 2 aromatic rings. The number of nitro benzene ring substituents is 3. The van der Waals surface area contributed by atoms with Crippen molar-refractivity contribution >= 4 is 17.1 Å². The lowest BCUT2D eigenvalue weighted by Gasteiger charge is -1.96. The molecule has 0 N–H and O–H groups in total. The van der Waals surface area contributed by atoms with Gasteiger partial charge in [0.15, 0.2) is 0 Å². The zero-order chi connectivity index (χ0) is 17.6. The molecule has 0 aliphatic heterocycles. The van der Waals surface area contributed by atoms with E-state index in [9.17, 15) is 30.3 Å². The van der Waals surface area contributed by atoms with Gasteiger partial charge in [-0.25, -0.2) is 0 Å². The van der Waals surface area contributed by atoms with E-state index in [-0.39, 0.29) is 10.6 Å². The van der Waals surface area contributed by atoms with Gasteiger partial charge < -0.3 is 0 Å². The number of aryl methyl sites for hydroxylation is 2. The molecular formula is C14H13N3O6. The van der Waals surface area contributed by atoms with Crippen LogP contribution in [0.5, 0.6) is 0 Å². The first-order chi connectivity index (χ1) is 10.8. The molecule has 0 aliphatic rings. The molecule has 0 spiro atoms. The molecule has 0 bridgehead atoms. The van der Waals surface area contributed by atoms with Crippen LogP contribution in [0.1, 0.15) is 11.1 Å². The number of hydrogen-bond acceptors (Lipinski definition) is 6. The van der Waals surface area contributed by atoms with Crippen LogP contribution in [0.25, 0.3) is 0 Å².